The lowest BCUT2D eigenvalue weighted by Gasteiger charge is -2.01. The number of imidazole rings is 1. The monoisotopic (exact) mass is 346 g/mol. The summed E-state index contributed by atoms with van der Waals surface area (Å²) in [5.41, 5.74) is 2.97. The zero-order valence-corrected chi connectivity index (χ0v) is 11.4. The minimum Gasteiger partial charge on any atom is -0.219 e. The number of fused-ring (bicyclic) bond motifs is 1. The van der Waals surface area contributed by atoms with E-state index in [2.05, 4.69) is 38.7 Å². The first kappa shape index (κ1) is 11.2. The van der Waals surface area contributed by atoms with Gasteiger partial charge in [-0.3, -0.25) is 0 Å². The van der Waals surface area contributed by atoms with Crippen LogP contribution in [0.1, 0.15) is 5.69 Å². The van der Waals surface area contributed by atoms with Crippen LogP contribution in [0.4, 0.5) is 0 Å². The highest BCUT2D eigenvalue weighted by atomic mass is 127. The highest BCUT2D eigenvalue weighted by Crippen LogP contribution is 2.19. The lowest BCUT2D eigenvalue weighted by molar-refractivity contribution is 0.942. The Bertz CT molecular complexity index is 770. The van der Waals surface area contributed by atoms with E-state index >= 15 is 0 Å². The van der Waals surface area contributed by atoms with Gasteiger partial charge in [-0.15, -0.1) is 0 Å². The van der Waals surface area contributed by atoms with E-state index in [1.807, 2.05) is 36.4 Å². The number of hydrogen-bond donors (Lipinski definition) is 0. The number of nitriles is 1. The van der Waals surface area contributed by atoms with Crippen molar-refractivity contribution in [3.05, 3.63) is 51.9 Å². The molecule has 0 radical (unpaired) electrons. The zero-order chi connectivity index (χ0) is 12.5. The second-order valence-electron chi connectivity index (χ2n) is 3.77. The summed E-state index contributed by atoms with van der Waals surface area (Å²) >= 11 is 2.27. The van der Waals surface area contributed by atoms with Gasteiger partial charge in [0.2, 0.25) is 0 Å². The predicted molar refractivity (Wildman–Crippen MR) is 75.9 cm³/mol. The molecule has 0 spiro atoms. The quantitative estimate of drug-likeness (QED) is 0.637. The maximum absolute atomic E-state index is 8.81. The van der Waals surface area contributed by atoms with Gasteiger partial charge >= 0.3 is 0 Å². The fraction of sp³-hybridized carbons (Fsp3) is 0. The fourth-order valence-corrected chi connectivity index (χ4v) is 2.28. The van der Waals surface area contributed by atoms with Crippen LogP contribution in [0.15, 0.2) is 42.6 Å². The molecule has 0 bridgehead atoms. The summed E-state index contributed by atoms with van der Waals surface area (Å²) in [6.45, 7) is 0. The Morgan fingerprint density at radius 2 is 2.11 bits per heavy atom. The maximum Gasteiger partial charge on any atom is 0.161 e. The van der Waals surface area contributed by atoms with Gasteiger partial charge in [0, 0.05) is 9.13 Å². The lowest BCUT2D eigenvalue weighted by atomic mass is 10.1. The zero-order valence-electron chi connectivity index (χ0n) is 9.21. The Balaban J connectivity index is 2.16. The molecule has 2 aromatic heterocycles. The van der Waals surface area contributed by atoms with Gasteiger partial charge in [-0.1, -0.05) is 12.1 Å². The van der Waals surface area contributed by atoms with Crippen LogP contribution >= 0.6 is 22.6 Å². The first-order chi connectivity index (χ1) is 8.76. The maximum atomic E-state index is 8.81. The molecule has 2 heterocycles. The topological polar surface area (TPSA) is 54.0 Å². The van der Waals surface area contributed by atoms with Crippen LogP contribution in [-0.4, -0.2) is 14.6 Å². The van der Waals surface area contributed by atoms with Gasteiger partial charge in [-0.25, -0.2) is 9.50 Å². The lowest BCUT2D eigenvalue weighted by Crippen LogP contribution is -1.93. The normalized spacial score (nSPS) is 10.4. The molecule has 0 fully saturated rings. The van der Waals surface area contributed by atoms with E-state index in [4.69, 9.17) is 5.26 Å². The standard InChI is InChI=1S/C13H7IN4/c14-10-3-1-2-9(6-10)12-4-5-13-16-11(7-15)8-18(13)17-12/h1-6,8H. The van der Waals surface area contributed by atoms with Crippen LogP contribution in [0, 0.1) is 14.9 Å². The van der Waals surface area contributed by atoms with E-state index in [1.165, 1.54) is 0 Å². The van der Waals surface area contributed by atoms with E-state index < -0.39 is 0 Å². The average molecular weight is 346 g/mol. The first-order valence-corrected chi connectivity index (χ1v) is 6.36. The summed E-state index contributed by atoms with van der Waals surface area (Å²) in [4.78, 5) is 4.12. The number of hydrogen-bond acceptors (Lipinski definition) is 3. The third-order valence-corrected chi connectivity index (χ3v) is 3.23. The first-order valence-electron chi connectivity index (χ1n) is 5.29. The number of halogens is 1. The van der Waals surface area contributed by atoms with Crippen molar-refractivity contribution >= 4 is 28.2 Å². The van der Waals surface area contributed by atoms with Crippen LogP contribution in [0.3, 0.4) is 0 Å². The second-order valence-corrected chi connectivity index (χ2v) is 5.02. The van der Waals surface area contributed by atoms with Crippen molar-refractivity contribution < 1.29 is 0 Å². The summed E-state index contributed by atoms with van der Waals surface area (Å²) in [6, 6.07) is 13.9. The molecule has 3 rings (SSSR count). The van der Waals surface area contributed by atoms with Crippen LogP contribution < -0.4 is 0 Å². The molecule has 18 heavy (non-hydrogen) atoms. The Kier molecular flexibility index (Phi) is 2.72. The van der Waals surface area contributed by atoms with Crippen molar-refractivity contribution in [3.8, 4) is 17.3 Å². The molecule has 3 aromatic rings. The molecule has 0 unspecified atom stereocenters. The van der Waals surface area contributed by atoms with Crippen molar-refractivity contribution in [2.24, 2.45) is 0 Å². The van der Waals surface area contributed by atoms with Crippen LogP contribution in [-0.2, 0) is 0 Å². The molecular weight excluding hydrogens is 339 g/mol. The molecule has 86 valence electrons. The van der Waals surface area contributed by atoms with E-state index in [0.29, 0.717) is 11.3 Å². The average Bonchev–Trinajstić information content (AvgIpc) is 2.80. The molecular formula is C13H7IN4. The summed E-state index contributed by atoms with van der Waals surface area (Å²) in [7, 11) is 0. The van der Waals surface area contributed by atoms with E-state index in [-0.39, 0.29) is 0 Å². The molecule has 0 N–H and O–H groups in total. The third kappa shape index (κ3) is 1.95. The minimum absolute atomic E-state index is 0.377. The number of rotatable bonds is 1. The Morgan fingerprint density at radius 1 is 1.22 bits per heavy atom. The predicted octanol–water partition coefficient (Wildman–Crippen LogP) is 2.87. The highest BCUT2D eigenvalue weighted by Gasteiger charge is 2.04. The highest BCUT2D eigenvalue weighted by molar-refractivity contribution is 14.1. The molecule has 0 saturated carbocycles. The molecule has 1 aromatic carbocycles. The number of nitrogens with zero attached hydrogens (tertiary/aromatic N) is 4. The minimum atomic E-state index is 0.377. The van der Waals surface area contributed by atoms with E-state index in [0.717, 1.165) is 14.8 Å². The SMILES string of the molecule is N#Cc1cn2nc(-c3cccc(I)c3)ccc2n1. The van der Waals surface area contributed by atoms with Crippen molar-refractivity contribution in [3.63, 3.8) is 0 Å². The largest absolute Gasteiger partial charge is 0.219 e. The number of aromatic nitrogens is 3. The van der Waals surface area contributed by atoms with Crippen LogP contribution in [0.5, 0.6) is 0 Å². The van der Waals surface area contributed by atoms with Crippen LogP contribution in [0.25, 0.3) is 16.9 Å². The Morgan fingerprint density at radius 3 is 2.89 bits per heavy atom. The molecule has 0 aliphatic rings. The summed E-state index contributed by atoms with van der Waals surface area (Å²) in [5, 5.41) is 13.3. The summed E-state index contributed by atoms with van der Waals surface area (Å²) in [6.07, 6.45) is 1.63. The second kappa shape index (κ2) is 4.38. The van der Waals surface area contributed by atoms with Gasteiger partial charge in [0.05, 0.1) is 11.9 Å². The Labute approximate surface area is 117 Å². The molecule has 0 aliphatic heterocycles. The van der Waals surface area contributed by atoms with Gasteiger partial charge in [-0.2, -0.15) is 10.4 Å². The third-order valence-electron chi connectivity index (χ3n) is 2.55. The molecule has 0 atom stereocenters. The van der Waals surface area contributed by atoms with Crippen molar-refractivity contribution in [1.82, 2.24) is 14.6 Å². The molecule has 0 saturated heterocycles. The van der Waals surface area contributed by atoms with E-state index in [1.54, 1.807) is 10.7 Å². The summed E-state index contributed by atoms with van der Waals surface area (Å²) < 4.78 is 2.80. The van der Waals surface area contributed by atoms with Crippen molar-refractivity contribution in [1.29, 1.82) is 5.26 Å². The van der Waals surface area contributed by atoms with Gasteiger partial charge in [0.1, 0.15) is 6.07 Å². The van der Waals surface area contributed by atoms with E-state index in [9.17, 15) is 0 Å². The van der Waals surface area contributed by atoms with Gasteiger partial charge in [0.25, 0.3) is 0 Å². The Hall–Kier alpha value is -1.94. The molecule has 0 amide bonds. The molecule has 5 heteroatoms. The van der Waals surface area contributed by atoms with Crippen molar-refractivity contribution in [2.75, 3.05) is 0 Å². The molecule has 0 aliphatic carbocycles. The smallest absolute Gasteiger partial charge is 0.161 e. The number of benzene rings is 1. The fourth-order valence-electron chi connectivity index (χ4n) is 1.74. The van der Waals surface area contributed by atoms with Gasteiger partial charge in [0.15, 0.2) is 11.3 Å². The summed E-state index contributed by atoms with van der Waals surface area (Å²) in [5.74, 6) is 0. The van der Waals surface area contributed by atoms with Gasteiger partial charge in [-0.05, 0) is 46.9 Å². The van der Waals surface area contributed by atoms with Crippen molar-refractivity contribution in [2.45, 2.75) is 0 Å². The van der Waals surface area contributed by atoms with Crippen LogP contribution in [0.2, 0.25) is 0 Å². The molecule has 4 nitrogen and oxygen atoms in total. The van der Waals surface area contributed by atoms with Gasteiger partial charge < -0.3 is 0 Å².